The highest BCUT2D eigenvalue weighted by atomic mass is 32.2. The third kappa shape index (κ3) is 5.53. The van der Waals surface area contributed by atoms with Crippen molar-refractivity contribution in [2.45, 2.75) is 27.2 Å². The Bertz CT molecular complexity index is 4420. The zero-order chi connectivity index (χ0) is 47.9. The van der Waals surface area contributed by atoms with Crippen LogP contribution >= 0.6 is 11.8 Å². The number of nitriles is 1. The van der Waals surface area contributed by atoms with Gasteiger partial charge in [0.25, 0.3) is 0 Å². The number of para-hydroxylation sites is 3. The Balaban J connectivity index is 0.846. The van der Waals surface area contributed by atoms with E-state index in [0.717, 1.165) is 55.7 Å². The van der Waals surface area contributed by atoms with E-state index in [-0.39, 0.29) is 12.0 Å². The van der Waals surface area contributed by atoms with E-state index < -0.39 is 5.41 Å². The molecular formula is C66H40N6S. The Hall–Kier alpha value is -9.22. The van der Waals surface area contributed by atoms with Crippen LogP contribution in [0.3, 0.4) is 0 Å². The lowest BCUT2D eigenvalue weighted by atomic mass is 9.67. The predicted molar refractivity (Wildman–Crippen MR) is 296 cm³/mol. The Morgan fingerprint density at radius 3 is 1.90 bits per heavy atom. The van der Waals surface area contributed by atoms with Crippen LogP contribution in [0.25, 0.3) is 77.5 Å². The molecule has 6 nitrogen and oxygen atoms in total. The molecule has 4 aliphatic rings. The molecule has 3 unspecified atom stereocenters. The van der Waals surface area contributed by atoms with Crippen molar-refractivity contribution in [1.82, 2.24) is 19.1 Å². The molecule has 2 aliphatic heterocycles. The number of pyridine rings is 2. The second-order valence-electron chi connectivity index (χ2n) is 19.6. The summed E-state index contributed by atoms with van der Waals surface area (Å²) < 4.78 is 4.69. The van der Waals surface area contributed by atoms with Crippen LogP contribution in [0.5, 0.6) is 0 Å². The van der Waals surface area contributed by atoms with E-state index in [9.17, 15) is 5.26 Å². The maximum Gasteiger partial charge on any atom is 0.0991 e. The molecule has 0 saturated carbocycles. The summed E-state index contributed by atoms with van der Waals surface area (Å²) in [7, 11) is 0. The highest BCUT2D eigenvalue weighted by molar-refractivity contribution is 7.99. The molecule has 0 saturated heterocycles. The minimum atomic E-state index is -0.706. The molecule has 6 heterocycles. The standard InChI is InChI=1S/C66H40N6S/c67-38-40-23-30-60-50(34-40)48-14-3-9-21-59(48)72(60)45-37-55-65(69-39-45)64-53(17-11-33-68-64)66(55)52-16-5-10-22-62(52)73-63-32-25-42(36-54(63)66)41-24-31-61-51(35-41)49-15-4-8-20-58(49)71(61)44-28-26-43(27-29-44)70-56-18-6-1-12-46(56)47-13-2-7-19-57(47)70/h1-37,39,49,58H. The van der Waals surface area contributed by atoms with E-state index in [1.165, 1.54) is 70.8 Å². The summed E-state index contributed by atoms with van der Waals surface area (Å²) in [5, 5.41) is 14.6. The quantitative estimate of drug-likeness (QED) is 0.176. The molecule has 0 N–H and O–H groups in total. The molecular weight excluding hydrogens is 909 g/mol. The molecule has 0 fully saturated rings. The topological polar surface area (TPSA) is 62.7 Å². The molecule has 0 amide bonds. The summed E-state index contributed by atoms with van der Waals surface area (Å²) in [5.41, 5.74) is 19.2. The van der Waals surface area contributed by atoms with Crippen LogP contribution in [0.15, 0.2) is 241 Å². The van der Waals surface area contributed by atoms with Crippen LogP contribution < -0.4 is 4.90 Å². The predicted octanol–water partition coefficient (Wildman–Crippen LogP) is 15.8. The highest BCUT2D eigenvalue weighted by Gasteiger charge is 2.52. The van der Waals surface area contributed by atoms with Gasteiger partial charge in [-0.15, -0.1) is 0 Å². The molecule has 73 heavy (non-hydrogen) atoms. The maximum atomic E-state index is 9.92. The Kier molecular flexibility index (Phi) is 8.40. The molecule has 12 aromatic rings. The van der Waals surface area contributed by atoms with E-state index in [2.05, 4.69) is 226 Å². The largest absolute Gasteiger partial charge is 0.333 e. The second-order valence-corrected chi connectivity index (χ2v) is 20.6. The zero-order valence-corrected chi connectivity index (χ0v) is 40.0. The van der Waals surface area contributed by atoms with Crippen LogP contribution in [-0.2, 0) is 5.41 Å². The summed E-state index contributed by atoms with van der Waals surface area (Å²) in [6, 6.07) is 73.3. The lowest BCUT2D eigenvalue weighted by Gasteiger charge is -2.39. The zero-order valence-electron chi connectivity index (χ0n) is 39.2. The molecule has 1 spiro atoms. The molecule has 4 aromatic heterocycles. The molecule has 16 rings (SSSR count). The minimum Gasteiger partial charge on any atom is -0.333 e. The number of rotatable bonds is 4. The van der Waals surface area contributed by atoms with Gasteiger partial charge in [-0.1, -0.05) is 127 Å². The number of hydrogen-bond acceptors (Lipinski definition) is 5. The summed E-state index contributed by atoms with van der Waals surface area (Å²) in [5.74, 6) is 0.194. The molecule has 0 bridgehead atoms. The number of nitrogens with zero attached hydrogens (tertiary/aromatic N) is 6. The number of fused-ring (bicyclic) bond motifs is 18. The average Bonchev–Trinajstić information content (AvgIpc) is 4.17. The highest BCUT2D eigenvalue weighted by Crippen LogP contribution is 2.62. The monoisotopic (exact) mass is 948 g/mol. The molecule has 8 aromatic carbocycles. The van der Waals surface area contributed by atoms with Crippen LogP contribution in [-0.4, -0.2) is 25.1 Å². The number of hydrogen-bond donors (Lipinski definition) is 0. The van der Waals surface area contributed by atoms with Crippen LogP contribution in [0.4, 0.5) is 11.4 Å². The second kappa shape index (κ2) is 15.1. The van der Waals surface area contributed by atoms with Crippen molar-refractivity contribution in [2.24, 2.45) is 0 Å². The summed E-state index contributed by atoms with van der Waals surface area (Å²) in [6.45, 7) is 0. The fraction of sp³-hybridized carbons (Fsp3) is 0.0455. The van der Waals surface area contributed by atoms with Crippen LogP contribution in [0.2, 0.25) is 0 Å². The maximum absolute atomic E-state index is 9.92. The van der Waals surface area contributed by atoms with Gasteiger partial charge in [-0.3, -0.25) is 9.97 Å². The third-order valence-electron chi connectivity index (χ3n) is 16.0. The summed E-state index contributed by atoms with van der Waals surface area (Å²) >= 11 is 1.84. The van der Waals surface area contributed by atoms with Crippen LogP contribution in [0, 0.1) is 11.3 Å². The van der Waals surface area contributed by atoms with Crippen molar-refractivity contribution in [2.75, 3.05) is 4.90 Å². The van der Waals surface area contributed by atoms with Gasteiger partial charge in [0.15, 0.2) is 0 Å². The average molecular weight is 949 g/mol. The Labute approximate surface area is 425 Å². The van der Waals surface area contributed by atoms with Gasteiger partial charge >= 0.3 is 0 Å². The van der Waals surface area contributed by atoms with Gasteiger partial charge in [-0.2, -0.15) is 5.26 Å². The van der Waals surface area contributed by atoms with Gasteiger partial charge in [-0.25, -0.2) is 0 Å². The van der Waals surface area contributed by atoms with Gasteiger partial charge < -0.3 is 14.0 Å². The van der Waals surface area contributed by atoms with Crippen molar-refractivity contribution in [3.63, 3.8) is 0 Å². The van der Waals surface area contributed by atoms with Gasteiger partial charge in [-0.05, 0) is 137 Å². The van der Waals surface area contributed by atoms with Crippen LogP contribution in [0.1, 0.15) is 39.3 Å². The number of allylic oxidation sites excluding steroid dienone is 2. The molecule has 0 radical (unpaired) electrons. The minimum absolute atomic E-state index is 0.151. The van der Waals surface area contributed by atoms with Gasteiger partial charge in [0, 0.05) is 66.1 Å². The van der Waals surface area contributed by atoms with Gasteiger partial charge in [0.1, 0.15) is 0 Å². The van der Waals surface area contributed by atoms with E-state index in [4.69, 9.17) is 9.97 Å². The van der Waals surface area contributed by atoms with Crippen molar-refractivity contribution in [3.8, 4) is 40.0 Å². The SMILES string of the molecule is N#Cc1ccc2c(c1)c1ccccc1n2-c1cnc2c(c1)C1(c3ccccc3Sc3ccc(-c4ccc5c(c4)C4C=CC=CC4N5c4ccc(-n5c6ccccc6c6ccccc65)cc4)cc31)c1cccnc1-2. The normalized spacial score (nSPS) is 17.7. The number of anilines is 2. The van der Waals surface area contributed by atoms with Gasteiger partial charge in [0.05, 0.1) is 68.4 Å². The summed E-state index contributed by atoms with van der Waals surface area (Å²) in [6.07, 6.45) is 13.0. The smallest absolute Gasteiger partial charge is 0.0991 e. The van der Waals surface area contributed by atoms with Crippen molar-refractivity contribution < 1.29 is 0 Å². The van der Waals surface area contributed by atoms with E-state index in [0.29, 0.717) is 5.56 Å². The molecule has 2 aliphatic carbocycles. The first-order valence-corrected chi connectivity index (χ1v) is 25.7. The van der Waals surface area contributed by atoms with Crippen molar-refractivity contribution in [3.05, 3.63) is 264 Å². The Morgan fingerprint density at radius 1 is 0.479 bits per heavy atom. The lowest BCUT2D eigenvalue weighted by molar-refractivity contribution is 0.719. The first-order chi connectivity index (χ1) is 36.2. The Morgan fingerprint density at radius 2 is 1.11 bits per heavy atom. The first-order valence-electron chi connectivity index (χ1n) is 24.8. The van der Waals surface area contributed by atoms with E-state index in [1.54, 1.807) is 0 Å². The first kappa shape index (κ1) is 40.5. The van der Waals surface area contributed by atoms with Crippen molar-refractivity contribution in [1.29, 1.82) is 5.26 Å². The number of benzene rings is 8. The van der Waals surface area contributed by atoms with Crippen molar-refractivity contribution >= 4 is 66.7 Å². The lowest BCUT2D eigenvalue weighted by Crippen LogP contribution is -2.32. The van der Waals surface area contributed by atoms with E-state index in [1.807, 2.05) is 36.3 Å². The molecule has 3 atom stereocenters. The number of aromatic nitrogens is 4. The molecule has 7 heteroatoms. The van der Waals surface area contributed by atoms with E-state index >= 15 is 0 Å². The fourth-order valence-corrected chi connectivity index (χ4v) is 14.2. The fourth-order valence-electron chi connectivity index (χ4n) is 13.0. The third-order valence-corrected chi connectivity index (χ3v) is 17.2. The summed E-state index contributed by atoms with van der Waals surface area (Å²) in [4.78, 5) is 15.5. The molecule has 340 valence electrons. The van der Waals surface area contributed by atoms with Gasteiger partial charge in [0.2, 0.25) is 0 Å².